The molecule has 1 heterocycles. The van der Waals surface area contributed by atoms with E-state index in [1.807, 2.05) is 6.92 Å². The van der Waals surface area contributed by atoms with Crippen molar-refractivity contribution in [2.75, 3.05) is 17.7 Å². The lowest BCUT2D eigenvalue weighted by atomic mass is 10.2. The Morgan fingerprint density at radius 2 is 2.16 bits per heavy atom. The van der Waals surface area contributed by atoms with Gasteiger partial charge in [-0.2, -0.15) is 0 Å². The average molecular weight is 268 g/mol. The van der Waals surface area contributed by atoms with Crippen LogP contribution in [-0.4, -0.2) is 26.8 Å². The number of hydrogen-bond donors (Lipinski definition) is 4. The predicted octanol–water partition coefficient (Wildman–Crippen LogP) is -0.144. The second kappa shape index (κ2) is 5.08. The van der Waals surface area contributed by atoms with Crippen molar-refractivity contribution in [3.8, 4) is 0 Å². The molecule has 5 N–H and O–H groups in total. The molecule has 0 saturated heterocycles. The maximum absolute atomic E-state index is 11.8. The van der Waals surface area contributed by atoms with Crippen LogP contribution in [0.1, 0.15) is 32.6 Å². The molecule has 1 aromatic rings. The number of hydrogen-bond acceptors (Lipinski definition) is 5. The van der Waals surface area contributed by atoms with E-state index < -0.39 is 16.8 Å². The van der Waals surface area contributed by atoms with Gasteiger partial charge in [0.2, 0.25) is 0 Å². The first-order valence-corrected chi connectivity index (χ1v) is 6.54. The first kappa shape index (κ1) is 13.7. The first-order valence-electron chi connectivity index (χ1n) is 6.54. The number of nitrogens with one attached hydrogen (secondary N) is 2. The summed E-state index contributed by atoms with van der Waals surface area (Å²) in [7, 11) is 0. The number of H-pyrrole nitrogens is 1. The molecule has 7 heteroatoms. The summed E-state index contributed by atoms with van der Waals surface area (Å²) in [4.78, 5) is 25.8. The zero-order valence-corrected chi connectivity index (χ0v) is 11.0. The molecule has 0 aromatic carbocycles. The van der Waals surface area contributed by atoms with Gasteiger partial charge < -0.3 is 16.2 Å². The van der Waals surface area contributed by atoms with Crippen molar-refractivity contribution in [1.82, 2.24) is 9.55 Å². The lowest BCUT2D eigenvalue weighted by molar-refractivity contribution is 0.266. The summed E-state index contributed by atoms with van der Waals surface area (Å²) in [6, 6.07) is 0. The fourth-order valence-corrected chi connectivity index (χ4v) is 1.99. The third-order valence-electron chi connectivity index (χ3n) is 3.52. The van der Waals surface area contributed by atoms with E-state index in [-0.39, 0.29) is 18.1 Å². The largest absolute Gasteiger partial charge is 0.394 e. The van der Waals surface area contributed by atoms with Gasteiger partial charge in [-0.05, 0) is 19.3 Å². The van der Waals surface area contributed by atoms with Crippen molar-refractivity contribution >= 4 is 11.5 Å². The fraction of sp³-hybridized carbons (Fsp3) is 0.667. The Bertz CT molecular complexity index is 571. The van der Waals surface area contributed by atoms with Gasteiger partial charge in [-0.15, -0.1) is 0 Å². The van der Waals surface area contributed by atoms with Crippen LogP contribution < -0.4 is 22.3 Å². The Morgan fingerprint density at radius 1 is 1.47 bits per heavy atom. The van der Waals surface area contributed by atoms with E-state index in [1.165, 1.54) is 4.57 Å². The van der Waals surface area contributed by atoms with E-state index in [2.05, 4.69) is 10.3 Å². The van der Waals surface area contributed by atoms with Crippen LogP contribution in [0.25, 0.3) is 0 Å². The molecular weight excluding hydrogens is 248 g/mol. The zero-order valence-electron chi connectivity index (χ0n) is 11.0. The van der Waals surface area contributed by atoms with E-state index in [9.17, 15) is 14.7 Å². The maximum atomic E-state index is 11.8. The van der Waals surface area contributed by atoms with Crippen molar-refractivity contribution in [2.45, 2.75) is 44.7 Å². The highest BCUT2D eigenvalue weighted by Crippen LogP contribution is 2.38. The van der Waals surface area contributed by atoms with Crippen LogP contribution >= 0.6 is 0 Å². The van der Waals surface area contributed by atoms with Crippen molar-refractivity contribution in [3.63, 3.8) is 0 Å². The predicted molar refractivity (Wildman–Crippen MR) is 73.3 cm³/mol. The standard InChI is InChI=1S/C12H20N4O3/c1-2-3-6-16-9(13)8(10(18)14-11(16)19)15-12(7-17)4-5-12/h15,17H,2-7,13H2,1H3,(H,14,18,19). The molecule has 0 unspecified atom stereocenters. The Balaban J connectivity index is 2.37. The number of nitrogens with zero attached hydrogens (tertiary/aromatic N) is 1. The van der Waals surface area contributed by atoms with Gasteiger partial charge in [0.05, 0.1) is 12.1 Å². The summed E-state index contributed by atoms with van der Waals surface area (Å²) in [5.74, 6) is 0.141. The number of aliphatic hydroxyl groups excluding tert-OH is 1. The van der Waals surface area contributed by atoms with Crippen molar-refractivity contribution < 1.29 is 5.11 Å². The van der Waals surface area contributed by atoms with Gasteiger partial charge in [-0.25, -0.2) is 4.79 Å². The molecule has 1 aliphatic carbocycles. The van der Waals surface area contributed by atoms with Crippen LogP contribution in [0.2, 0.25) is 0 Å². The summed E-state index contributed by atoms with van der Waals surface area (Å²) in [6.45, 7) is 2.43. The number of aromatic amines is 1. The Hall–Kier alpha value is -1.76. The van der Waals surface area contributed by atoms with E-state index in [4.69, 9.17) is 5.73 Å². The molecule has 7 nitrogen and oxygen atoms in total. The maximum Gasteiger partial charge on any atom is 0.330 e. The number of aliphatic hydroxyl groups is 1. The highest BCUT2D eigenvalue weighted by molar-refractivity contribution is 5.62. The van der Waals surface area contributed by atoms with Crippen LogP contribution in [0, 0.1) is 0 Å². The molecule has 0 spiro atoms. The van der Waals surface area contributed by atoms with Gasteiger partial charge >= 0.3 is 5.69 Å². The lowest BCUT2D eigenvalue weighted by Crippen LogP contribution is -2.37. The highest BCUT2D eigenvalue weighted by atomic mass is 16.3. The third-order valence-corrected chi connectivity index (χ3v) is 3.52. The van der Waals surface area contributed by atoms with E-state index in [0.29, 0.717) is 6.54 Å². The highest BCUT2D eigenvalue weighted by Gasteiger charge is 2.43. The molecule has 0 atom stereocenters. The number of unbranched alkanes of at least 4 members (excludes halogenated alkanes) is 1. The summed E-state index contributed by atoms with van der Waals surface area (Å²) < 4.78 is 1.36. The minimum atomic E-state index is -0.532. The second-order valence-electron chi connectivity index (χ2n) is 5.09. The Kier molecular flexibility index (Phi) is 3.66. The molecule has 1 saturated carbocycles. The molecular formula is C12H20N4O3. The van der Waals surface area contributed by atoms with Gasteiger partial charge in [0.1, 0.15) is 11.5 Å². The summed E-state index contributed by atoms with van der Waals surface area (Å²) in [5, 5.41) is 12.3. The number of anilines is 2. The Labute approximate surface area is 110 Å². The molecule has 2 rings (SSSR count). The van der Waals surface area contributed by atoms with Crippen LogP contribution in [0.4, 0.5) is 11.5 Å². The SMILES string of the molecule is CCCCn1c(N)c(NC2(CO)CC2)c(=O)[nH]c1=O. The van der Waals surface area contributed by atoms with E-state index >= 15 is 0 Å². The van der Waals surface area contributed by atoms with E-state index in [1.54, 1.807) is 0 Å². The normalized spacial score (nSPS) is 16.3. The molecule has 106 valence electrons. The number of rotatable bonds is 6. The minimum Gasteiger partial charge on any atom is -0.394 e. The quantitative estimate of drug-likeness (QED) is 0.573. The number of aromatic nitrogens is 2. The molecule has 1 aliphatic rings. The minimum absolute atomic E-state index is 0.0556. The van der Waals surface area contributed by atoms with Gasteiger partial charge in [0.25, 0.3) is 5.56 Å². The van der Waals surface area contributed by atoms with Crippen LogP contribution in [-0.2, 0) is 6.54 Å². The molecule has 1 fully saturated rings. The van der Waals surface area contributed by atoms with Crippen molar-refractivity contribution in [3.05, 3.63) is 20.8 Å². The second-order valence-corrected chi connectivity index (χ2v) is 5.09. The van der Waals surface area contributed by atoms with E-state index in [0.717, 1.165) is 25.7 Å². The number of nitrogens with two attached hydrogens (primary N) is 1. The van der Waals surface area contributed by atoms with Crippen LogP contribution in [0.3, 0.4) is 0 Å². The third kappa shape index (κ3) is 2.65. The number of nitrogen functional groups attached to an aromatic ring is 1. The van der Waals surface area contributed by atoms with Gasteiger partial charge in [-0.1, -0.05) is 13.3 Å². The summed E-state index contributed by atoms with van der Waals surface area (Å²) in [6.07, 6.45) is 3.31. The monoisotopic (exact) mass is 268 g/mol. The molecule has 0 bridgehead atoms. The van der Waals surface area contributed by atoms with Crippen LogP contribution in [0.15, 0.2) is 9.59 Å². The van der Waals surface area contributed by atoms with Crippen molar-refractivity contribution in [2.24, 2.45) is 0 Å². The molecule has 0 amide bonds. The van der Waals surface area contributed by atoms with Gasteiger partial charge in [0.15, 0.2) is 0 Å². The summed E-state index contributed by atoms with van der Waals surface area (Å²) in [5.41, 5.74) is 4.62. The summed E-state index contributed by atoms with van der Waals surface area (Å²) >= 11 is 0. The first-order chi connectivity index (χ1) is 9.03. The molecule has 1 aromatic heterocycles. The van der Waals surface area contributed by atoms with Crippen LogP contribution in [0.5, 0.6) is 0 Å². The fourth-order valence-electron chi connectivity index (χ4n) is 1.99. The smallest absolute Gasteiger partial charge is 0.330 e. The zero-order chi connectivity index (χ0) is 14.0. The Morgan fingerprint density at radius 3 is 2.68 bits per heavy atom. The topological polar surface area (TPSA) is 113 Å². The van der Waals surface area contributed by atoms with Crippen molar-refractivity contribution in [1.29, 1.82) is 0 Å². The van der Waals surface area contributed by atoms with Gasteiger partial charge in [0, 0.05) is 6.54 Å². The lowest BCUT2D eigenvalue weighted by Gasteiger charge is -2.18. The average Bonchev–Trinajstić information content (AvgIpc) is 3.15. The van der Waals surface area contributed by atoms with Gasteiger partial charge in [-0.3, -0.25) is 14.3 Å². The molecule has 0 aliphatic heterocycles. The molecule has 19 heavy (non-hydrogen) atoms. The molecule has 0 radical (unpaired) electrons.